The van der Waals surface area contributed by atoms with Gasteiger partial charge in [-0.3, -0.25) is 9.59 Å². The standard InChI is InChI=1S/C15H17N7O3/c1-8-5-9(2)22-15(16-8)18-13(19-22)14(24)21(4)7-12(23)17-11-6-10(3)25-20-11/h5-6H,7H2,1-4H3,(H,17,20,23). The summed E-state index contributed by atoms with van der Waals surface area (Å²) in [6.07, 6.45) is 0. The molecule has 0 aliphatic rings. The maximum absolute atomic E-state index is 12.4. The summed E-state index contributed by atoms with van der Waals surface area (Å²) in [5, 5.41) is 10.4. The lowest BCUT2D eigenvalue weighted by molar-refractivity contribution is -0.116. The van der Waals surface area contributed by atoms with Crippen LogP contribution in [0.2, 0.25) is 0 Å². The van der Waals surface area contributed by atoms with E-state index in [1.807, 2.05) is 19.9 Å². The van der Waals surface area contributed by atoms with E-state index in [2.05, 4.69) is 25.5 Å². The number of hydrogen-bond acceptors (Lipinski definition) is 7. The zero-order chi connectivity index (χ0) is 18.1. The van der Waals surface area contributed by atoms with Crippen molar-refractivity contribution in [2.45, 2.75) is 20.8 Å². The zero-order valence-corrected chi connectivity index (χ0v) is 14.3. The van der Waals surface area contributed by atoms with Gasteiger partial charge in [-0.1, -0.05) is 5.16 Å². The monoisotopic (exact) mass is 343 g/mol. The van der Waals surface area contributed by atoms with Crippen molar-refractivity contribution in [1.29, 1.82) is 0 Å². The quantitative estimate of drug-likeness (QED) is 0.742. The van der Waals surface area contributed by atoms with Crippen molar-refractivity contribution in [3.05, 3.63) is 35.1 Å². The molecule has 10 heteroatoms. The molecule has 130 valence electrons. The largest absolute Gasteiger partial charge is 0.360 e. The van der Waals surface area contributed by atoms with Gasteiger partial charge in [-0.15, -0.1) is 5.10 Å². The molecule has 0 radical (unpaired) electrons. The fourth-order valence-corrected chi connectivity index (χ4v) is 2.32. The van der Waals surface area contributed by atoms with E-state index in [-0.39, 0.29) is 12.4 Å². The Morgan fingerprint density at radius 3 is 2.68 bits per heavy atom. The second kappa shape index (κ2) is 6.30. The molecule has 3 aromatic rings. The molecule has 10 nitrogen and oxygen atoms in total. The van der Waals surface area contributed by atoms with Crippen molar-refractivity contribution in [1.82, 2.24) is 29.6 Å². The van der Waals surface area contributed by atoms with Crippen LogP contribution in [0.3, 0.4) is 0 Å². The van der Waals surface area contributed by atoms with Crippen molar-refractivity contribution in [3.8, 4) is 0 Å². The van der Waals surface area contributed by atoms with E-state index in [0.717, 1.165) is 11.4 Å². The number of carbonyl (C=O) groups excluding carboxylic acids is 2. The third-order valence-corrected chi connectivity index (χ3v) is 3.43. The summed E-state index contributed by atoms with van der Waals surface area (Å²) in [7, 11) is 1.49. The Kier molecular flexibility index (Phi) is 4.17. The number of carbonyl (C=O) groups is 2. The van der Waals surface area contributed by atoms with Gasteiger partial charge in [-0.2, -0.15) is 4.98 Å². The van der Waals surface area contributed by atoms with Crippen LogP contribution in [-0.2, 0) is 4.79 Å². The van der Waals surface area contributed by atoms with Gasteiger partial charge in [0.1, 0.15) is 12.3 Å². The number of nitrogens with one attached hydrogen (secondary N) is 1. The Labute approximate surface area is 142 Å². The highest BCUT2D eigenvalue weighted by Crippen LogP contribution is 2.08. The molecule has 2 amide bonds. The summed E-state index contributed by atoms with van der Waals surface area (Å²) in [5.41, 5.74) is 1.60. The van der Waals surface area contributed by atoms with Crippen molar-refractivity contribution >= 4 is 23.4 Å². The van der Waals surface area contributed by atoms with Gasteiger partial charge < -0.3 is 14.7 Å². The van der Waals surface area contributed by atoms with Crippen LogP contribution < -0.4 is 5.32 Å². The number of likely N-dealkylation sites (N-methyl/N-ethyl adjacent to an activating group) is 1. The first kappa shape index (κ1) is 16.6. The van der Waals surface area contributed by atoms with E-state index in [4.69, 9.17) is 4.52 Å². The van der Waals surface area contributed by atoms with Crippen molar-refractivity contribution < 1.29 is 14.1 Å². The van der Waals surface area contributed by atoms with Crippen LogP contribution in [0.15, 0.2) is 16.7 Å². The lowest BCUT2D eigenvalue weighted by Gasteiger charge is -2.13. The van der Waals surface area contributed by atoms with E-state index in [9.17, 15) is 9.59 Å². The minimum atomic E-state index is -0.478. The van der Waals surface area contributed by atoms with Crippen LogP contribution in [-0.4, -0.2) is 55.0 Å². The van der Waals surface area contributed by atoms with Gasteiger partial charge in [0, 0.05) is 24.5 Å². The van der Waals surface area contributed by atoms with Crippen LogP contribution >= 0.6 is 0 Å². The van der Waals surface area contributed by atoms with Gasteiger partial charge >= 0.3 is 0 Å². The summed E-state index contributed by atoms with van der Waals surface area (Å²) in [4.78, 5) is 34.0. The Hall–Kier alpha value is -3.30. The summed E-state index contributed by atoms with van der Waals surface area (Å²) >= 11 is 0. The second-order valence-corrected chi connectivity index (χ2v) is 5.72. The van der Waals surface area contributed by atoms with Crippen molar-refractivity contribution in [3.63, 3.8) is 0 Å². The highest BCUT2D eigenvalue weighted by atomic mass is 16.5. The predicted molar refractivity (Wildman–Crippen MR) is 87.1 cm³/mol. The molecule has 0 bridgehead atoms. The molecule has 0 atom stereocenters. The highest BCUT2D eigenvalue weighted by Gasteiger charge is 2.21. The van der Waals surface area contributed by atoms with Crippen LogP contribution in [0, 0.1) is 20.8 Å². The van der Waals surface area contributed by atoms with Gasteiger partial charge in [0.15, 0.2) is 5.82 Å². The lowest BCUT2D eigenvalue weighted by Crippen LogP contribution is -2.35. The maximum atomic E-state index is 12.4. The van der Waals surface area contributed by atoms with Crippen molar-refractivity contribution in [2.24, 2.45) is 0 Å². The van der Waals surface area contributed by atoms with E-state index in [1.54, 1.807) is 13.0 Å². The fraction of sp³-hybridized carbons (Fsp3) is 0.333. The molecule has 3 aromatic heterocycles. The van der Waals surface area contributed by atoms with Crippen LogP contribution in [0.1, 0.15) is 27.8 Å². The van der Waals surface area contributed by atoms with Gasteiger partial charge in [-0.05, 0) is 26.8 Å². The maximum Gasteiger partial charge on any atom is 0.293 e. The Bertz CT molecular complexity index is 959. The minimum absolute atomic E-state index is 0.0196. The topological polar surface area (TPSA) is 119 Å². The average Bonchev–Trinajstić information content (AvgIpc) is 3.12. The minimum Gasteiger partial charge on any atom is -0.360 e. The first-order valence-electron chi connectivity index (χ1n) is 7.53. The molecule has 0 aliphatic carbocycles. The van der Waals surface area contributed by atoms with Gasteiger partial charge in [0.2, 0.25) is 11.7 Å². The van der Waals surface area contributed by atoms with Crippen molar-refractivity contribution in [2.75, 3.05) is 18.9 Å². The summed E-state index contributed by atoms with van der Waals surface area (Å²) in [6.45, 7) is 5.23. The molecule has 0 aliphatic heterocycles. The second-order valence-electron chi connectivity index (χ2n) is 5.72. The molecule has 0 saturated heterocycles. The average molecular weight is 343 g/mol. The fourth-order valence-electron chi connectivity index (χ4n) is 2.32. The summed E-state index contributed by atoms with van der Waals surface area (Å²) in [6, 6.07) is 3.42. The number of anilines is 1. The number of aryl methyl sites for hydroxylation is 3. The molecule has 25 heavy (non-hydrogen) atoms. The number of rotatable bonds is 4. The zero-order valence-electron chi connectivity index (χ0n) is 14.3. The van der Waals surface area contributed by atoms with E-state index in [0.29, 0.717) is 17.4 Å². The molecule has 0 spiro atoms. The van der Waals surface area contributed by atoms with Crippen LogP contribution in [0.25, 0.3) is 5.78 Å². The molecule has 0 aromatic carbocycles. The smallest absolute Gasteiger partial charge is 0.293 e. The molecular weight excluding hydrogens is 326 g/mol. The molecule has 0 saturated carbocycles. The number of fused-ring (bicyclic) bond motifs is 1. The summed E-state index contributed by atoms with van der Waals surface area (Å²) < 4.78 is 6.36. The molecular formula is C15H17N7O3. The van der Waals surface area contributed by atoms with Gasteiger partial charge in [-0.25, -0.2) is 9.50 Å². The number of amides is 2. The van der Waals surface area contributed by atoms with E-state index >= 15 is 0 Å². The van der Waals surface area contributed by atoms with E-state index in [1.165, 1.54) is 16.5 Å². The van der Waals surface area contributed by atoms with Crippen LogP contribution in [0.4, 0.5) is 5.82 Å². The predicted octanol–water partition coefficient (Wildman–Crippen LogP) is 0.748. The lowest BCUT2D eigenvalue weighted by atomic mass is 10.4. The number of aromatic nitrogens is 5. The summed E-state index contributed by atoms with van der Waals surface area (Å²) in [5.74, 6) is 0.314. The third-order valence-electron chi connectivity index (χ3n) is 3.43. The number of hydrogen-bond donors (Lipinski definition) is 1. The van der Waals surface area contributed by atoms with Gasteiger partial charge in [0.25, 0.3) is 11.7 Å². The highest BCUT2D eigenvalue weighted by molar-refractivity contribution is 5.97. The normalized spacial score (nSPS) is 10.9. The Morgan fingerprint density at radius 2 is 2.00 bits per heavy atom. The first-order chi connectivity index (χ1) is 11.8. The SMILES string of the molecule is Cc1cc(C)n2nc(C(=O)N(C)CC(=O)Nc3cc(C)on3)nc2n1. The Balaban J connectivity index is 1.71. The first-order valence-corrected chi connectivity index (χ1v) is 7.53. The Morgan fingerprint density at radius 1 is 1.24 bits per heavy atom. The van der Waals surface area contributed by atoms with E-state index < -0.39 is 11.8 Å². The number of nitrogens with zero attached hydrogens (tertiary/aromatic N) is 6. The molecule has 0 unspecified atom stereocenters. The molecule has 0 fully saturated rings. The third kappa shape index (κ3) is 3.47. The molecule has 3 heterocycles. The van der Waals surface area contributed by atoms with Crippen LogP contribution in [0.5, 0.6) is 0 Å². The molecule has 3 rings (SSSR count). The van der Waals surface area contributed by atoms with Gasteiger partial charge in [0.05, 0.1) is 0 Å². The molecule has 1 N–H and O–H groups in total.